The van der Waals surface area contributed by atoms with Crippen LogP contribution in [0.2, 0.25) is 0 Å². The Morgan fingerprint density at radius 2 is 1.85 bits per heavy atom. The molecule has 1 aliphatic carbocycles. The molecule has 3 rings (SSSR count). The Bertz CT molecular complexity index is 444. The molecule has 4 nitrogen and oxygen atoms in total. The van der Waals surface area contributed by atoms with Gasteiger partial charge < -0.3 is 14.2 Å². The Balaban J connectivity index is 1.51. The van der Waals surface area contributed by atoms with Crippen LogP contribution >= 0.6 is 0 Å². The predicted octanol–water partition coefficient (Wildman–Crippen LogP) is 2.95. The predicted molar refractivity (Wildman–Crippen MR) is 74.0 cm³/mol. The van der Waals surface area contributed by atoms with Crippen molar-refractivity contribution < 1.29 is 19.0 Å². The number of esters is 1. The molecule has 1 heterocycles. The molecule has 1 aromatic rings. The molecule has 2 aliphatic rings. The highest BCUT2D eigenvalue weighted by molar-refractivity contribution is 5.89. The number of epoxide rings is 1. The highest BCUT2D eigenvalue weighted by Crippen LogP contribution is 2.22. The second-order valence-corrected chi connectivity index (χ2v) is 5.46. The van der Waals surface area contributed by atoms with Gasteiger partial charge in [0.1, 0.15) is 24.6 Å². The average molecular weight is 276 g/mol. The minimum atomic E-state index is -0.228. The molecule has 0 N–H and O–H groups in total. The largest absolute Gasteiger partial charge is 0.491 e. The van der Waals surface area contributed by atoms with Gasteiger partial charge in [-0.05, 0) is 49.9 Å². The zero-order valence-electron chi connectivity index (χ0n) is 11.5. The lowest BCUT2D eigenvalue weighted by molar-refractivity contribution is 0.0211. The lowest BCUT2D eigenvalue weighted by Crippen LogP contribution is -2.20. The molecular weight excluding hydrogens is 256 g/mol. The van der Waals surface area contributed by atoms with Crippen LogP contribution < -0.4 is 4.74 Å². The van der Waals surface area contributed by atoms with Crippen molar-refractivity contribution >= 4 is 5.97 Å². The molecule has 1 saturated heterocycles. The van der Waals surface area contributed by atoms with E-state index in [9.17, 15) is 4.79 Å². The molecule has 0 amide bonds. The second-order valence-electron chi connectivity index (χ2n) is 5.46. The van der Waals surface area contributed by atoms with Gasteiger partial charge in [-0.1, -0.05) is 6.42 Å². The summed E-state index contributed by atoms with van der Waals surface area (Å²) in [5.41, 5.74) is 0.589. The van der Waals surface area contributed by atoms with E-state index in [1.54, 1.807) is 24.3 Å². The fraction of sp³-hybridized carbons (Fsp3) is 0.562. The fourth-order valence-corrected chi connectivity index (χ4v) is 2.44. The molecule has 1 aliphatic heterocycles. The summed E-state index contributed by atoms with van der Waals surface area (Å²) < 4.78 is 16.1. The van der Waals surface area contributed by atoms with Gasteiger partial charge in [-0.15, -0.1) is 0 Å². The van der Waals surface area contributed by atoms with E-state index in [0.29, 0.717) is 12.2 Å². The van der Waals surface area contributed by atoms with E-state index >= 15 is 0 Å². The first-order chi connectivity index (χ1) is 9.81. The minimum Gasteiger partial charge on any atom is -0.491 e. The quantitative estimate of drug-likeness (QED) is 0.613. The van der Waals surface area contributed by atoms with Gasteiger partial charge in [-0.25, -0.2) is 4.79 Å². The Kier molecular flexibility index (Phi) is 4.21. The van der Waals surface area contributed by atoms with Crippen molar-refractivity contribution in [1.29, 1.82) is 0 Å². The third-order valence-electron chi connectivity index (χ3n) is 3.75. The topological polar surface area (TPSA) is 48.1 Å². The van der Waals surface area contributed by atoms with E-state index in [2.05, 4.69) is 0 Å². The zero-order chi connectivity index (χ0) is 13.8. The maximum atomic E-state index is 12.0. The maximum absolute atomic E-state index is 12.0. The number of carbonyl (C=O) groups is 1. The molecule has 0 aromatic heterocycles. The van der Waals surface area contributed by atoms with E-state index in [0.717, 1.165) is 38.0 Å². The van der Waals surface area contributed by atoms with E-state index in [1.165, 1.54) is 6.42 Å². The summed E-state index contributed by atoms with van der Waals surface area (Å²) in [4.78, 5) is 12.0. The van der Waals surface area contributed by atoms with Crippen molar-refractivity contribution in [3.8, 4) is 5.75 Å². The summed E-state index contributed by atoms with van der Waals surface area (Å²) in [6.45, 7) is 1.36. The van der Waals surface area contributed by atoms with Crippen molar-refractivity contribution in [3.05, 3.63) is 29.8 Å². The van der Waals surface area contributed by atoms with Crippen LogP contribution in [0.25, 0.3) is 0 Å². The first kappa shape index (κ1) is 13.4. The zero-order valence-corrected chi connectivity index (χ0v) is 11.5. The summed E-state index contributed by atoms with van der Waals surface area (Å²) in [5, 5.41) is 0. The minimum absolute atomic E-state index is 0.0965. The van der Waals surface area contributed by atoms with Gasteiger partial charge in [0.05, 0.1) is 12.2 Å². The molecule has 4 heteroatoms. The SMILES string of the molecule is O=C(OC1CCCCC1)c1ccc(OCC2CO2)cc1. The summed E-state index contributed by atoms with van der Waals surface area (Å²) in [7, 11) is 0. The molecule has 1 aromatic carbocycles. The van der Waals surface area contributed by atoms with E-state index < -0.39 is 0 Å². The summed E-state index contributed by atoms with van der Waals surface area (Å²) >= 11 is 0. The number of benzene rings is 1. The van der Waals surface area contributed by atoms with Crippen molar-refractivity contribution in [3.63, 3.8) is 0 Å². The standard InChI is InChI=1S/C16H20O4/c17-16(20-14-4-2-1-3-5-14)12-6-8-13(9-7-12)18-10-15-11-19-15/h6-9,14-15H,1-5,10-11H2. The van der Waals surface area contributed by atoms with Crippen LogP contribution in [0.3, 0.4) is 0 Å². The Morgan fingerprint density at radius 1 is 1.15 bits per heavy atom. The van der Waals surface area contributed by atoms with Crippen LogP contribution in [0.5, 0.6) is 5.75 Å². The van der Waals surface area contributed by atoms with Crippen LogP contribution in [0.1, 0.15) is 42.5 Å². The van der Waals surface area contributed by atoms with Gasteiger partial charge in [0, 0.05) is 0 Å². The van der Waals surface area contributed by atoms with E-state index in [-0.39, 0.29) is 18.2 Å². The number of hydrogen-bond acceptors (Lipinski definition) is 4. The third-order valence-corrected chi connectivity index (χ3v) is 3.75. The molecule has 2 fully saturated rings. The molecule has 0 spiro atoms. The molecule has 1 atom stereocenters. The van der Waals surface area contributed by atoms with Crippen LogP contribution in [-0.2, 0) is 9.47 Å². The Labute approximate surface area is 119 Å². The van der Waals surface area contributed by atoms with Crippen molar-refractivity contribution in [2.75, 3.05) is 13.2 Å². The highest BCUT2D eigenvalue weighted by atomic mass is 16.6. The van der Waals surface area contributed by atoms with Crippen molar-refractivity contribution in [1.82, 2.24) is 0 Å². The molecule has 1 saturated carbocycles. The lowest BCUT2D eigenvalue weighted by Gasteiger charge is -2.21. The lowest BCUT2D eigenvalue weighted by atomic mass is 9.98. The number of hydrogen-bond donors (Lipinski definition) is 0. The van der Waals surface area contributed by atoms with Crippen LogP contribution in [0.15, 0.2) is 24.3 Å². The molecule has 1 unspecified atom stereocenters. The highest BCUT2D eigenvalue weighted by Gasteiger charge is 2.23. The van der Waals surface area contributed by atoms with Gasteiger partial charge in [0.25, 0.3) is 0 Å². The second kappa shape index (κ2) is 6.27. The Morgan fingerprint density at radius 3 is 2.50 bits per heavy atom. The van der Waals surface area contributed by atoms with Gasteiger partial charge in [0.2, 0.25) is 0 Å². The fourth-order valence-electron chi connectivity index (χ4n) is 2.44. The van der Waals surface area contributed by atoms with Gasteiger partial charge in [-0.2, -0.15) is 0 Å². The number of ether oxygens (including phenoxy) is 3. The molecule has 0 bridgehead atoms. The summed E-state index contributed by atoms with van der Waals surface area (Å²) in [6.07, 6.45) is 5.90. The van der Waals surface area contributed by atoms with Gasteiger partial charge in [0.15, 0.2) is 0 Å². The van der Waals surface area contributed by atoms with Crippen LogP contribution in [-0.4, -0.2) is 31.4 Å². The summed E-state index contributed by atoms with van der Waals surface area (Å²) in [6, 6.07) is 7.13. The Hall–Kier alpha value is -1.55. The van der Waals surface area contributed by atoms with Gasteiger partial charge >= 0.3 is 5.97 Å². The first-order valence-electron chi connectivity index (χ1n) is 7.37. The first-order valence-corrected chi connectivity index (χ1v) is 7.37. The van der Waals surface area contributed by atoms with Crippen molar-refractivity contribution in [2.24, 2.45) is 0 Å². The van der Waals surface area contributed by atoms with Crippen LogP contribution in [0.4, 0.5) is 0 Å². The van der Waals surface area contributed by atoms with E-state index in [4.69, 9.17) is 14.2 Å². The van der Waals surface area contributed by atoms with Gasteiger partial charge in [-0.3, -0.25) is 0 Å². The monoisotopic (exact) mass is 276 g/mol. The van der Waals surface area contributed by atoms with Crippen LogP contribution in [0, 0.1) is 0 Å². The number of carbonyl (C=O) groups excluding carboxylic acids is 1. The maximum Gasteiger partial charge on any atom is 0.338 e. The molecular formula is C16H20O4. The average Bonchev–Trinajstić information content (AvgIpc) is 3.31. The molecule has 20 heavy (non-hydrogen) atoms. The van der Waals surface area contributed by atoms with E-state index in [1.807, 2.05) is 0 Å². The molecule has 0 radical (unpaired) electrons. The smallest absolute Gasteiger partial charge is 0.338 e. The third kappa shape index (κ3) is 3.73. The number of rotatable bonds is 5. The molecule has 108 valence electrons. The summed E-state index contributed by atoms with van der Waals surface area (Å²) in [5.74, 6) is 0.531. The normalized spacial score (nSPS) is 22.3. The van der Waals surface area contributed by atoms with Crippen molar-refractivity contribution in [2.45, 2.75) is 44.3 Å².